The summed E-state index contributed by atoms with van der Waals surface area (Å²) in [7, 11) is 0. The summed E-state index contributed by atoms with van der Waals surface area (Å²) in [4.78, 5) is 0. The quantitative estimate of drug-likeness (QED) is 0.427. The van der Waals surface area contributed by atoms with E-state index in [-0.39, 0.29) is 0 Å². The third-order valence-electron chi connectivity index (χ3n) is 3.30. The summed E-state index contributed by atoms with van der Waals surface area (Å²) in [6.07, 6.45) is 3.65. The number of nitrogens with one attached hydrogen (secondary N) is 2. The van der Waals surface area contributed by atoms with Gasteiger partial charge in [0.2, 0.25) is 0 Å². The number of nitrogens with two attached hydrogens (primary N) is 2. The fourth-order valence-electron chi connectivity index (χ4n) is 2.29. The van der Waals surface area contributed by atoms with E-state index in [1.807, 2.05) is 42.7 Å². The van der Waals surface area contributed by atoms with E-state index < -0.39 is 0 Å². The van der Waals surface area contributed by atoms with Crippen LogP contribution in [0.4, 0.5) is 23.0 Å². The van der Waals surface area contributed by atoms with Gasteiger partial charge in [-0.05, 0) is 24.3 Å². The second-order valence-electron chi connectivity index (χ2n) is 4.97. The number of rotatable bonds is 3. The minimum atomic E-state index is 0.489. The number of aromatic nitrogens is 4. The molecule has 8 heteroatoms. The normalized spacial score (nSPS) is 11.1. The number of hydrogen-bond acceptors (Lipinski definition) is 6. The van der Waals surface area contributed by atoms with E-state index in [1.54, 1.807) is 15.1 Å². The summed E-state index contributed by atoms with van der Waals surface area (Å²) in [6, 6.07) is 11.2. The van der Waals surface area contributed by atoms with E-state index in [2.05, 4.69) is 21.0 Å². The minimum absolute atomic E-state index is 0.489. The van der Waals surface area contributed by atoms with Crippen LogP contribution in [-0.4, -0.2) is 19.2 Å². The predicted molar refractivity (Wildman–Crippen MR) is 86.5 cm³/mol. The molecule has 4 heterocycles. The average Bonchev–Trinajstić information content (AvgIpc) is 3.05. The molecule has 0 saturated carbocycles. The van der Waals surface area contributed by atoms with Gasteiger partial charge in [0.1, 0.15) is 5.82 Å². The molecule has 0 aliphatic rings. The lowest BCUT2D eigenvalue weighted by molar-refractivity contribution is 0.958. The Balaban J connectivity index is 1.56. The van der Waals surface area contributed by atoms with Gasteiger partial charge >= 0.3 is 0 Å². The lowest BCUT2D eigenvalue weighted by Gasteiger charge is -2.06. The predicted octanol–water partition coefficient (Wildman–Crippen LogP) is 1.59. The molecule has 4 aromatic rings. The Morgan fingerprint density at radius 2 is 1.77 bits per heavy atom. The van der Waals surface area contributed by atoms with E-state index in [0.29, 0.717) is 17.3 Å². The fraction of sp³-hybridized carbons (Fsp3) is 0. The number of hydrogen-bond donors (Lipinski definition) is 4. The van der Waals surface area contributed by atoms with Crippen molar-refractivity contribution in [3.63, 3.8) is 0 Å². The highest BCUT2D eigenvalue weighted by Crippen LogP contribution is 2.16. The second kappa shape index (κ2) is 4.55. The maximum Gasteiger partial charge on any atom is 0.167 e. The SMILES string of the molecule is Nc1ccn2nc(NNc3ccc4cc(N)nn4c3)cc2c1. The van der Waals surface area contributed by atoms with Gasteiger partial charge in [-0.3, -0.25) is 10.9 Å². The molecule has 0 amide bonds. The Morgan fingerprint density at radius 1 is 0.864 bits per heavy atom. The fourth-order valence-corrected chi connectivity index (χ4v) is 2.29. The number of anilines is 4. The molecule has 0 atom stereocenters. The first-order valence-electron chi connectivity index (χ1n) is 6.69. The maximum absolute atomic E-state index is 5.76. The first-order valence-corrected chi connectivity index (χ1v) is 6.69. The molecule has 0 fully saturated rings. The Hall–Kier alpha value is -3.42. The van der Waals surface area contributed by atoms with Crippen LogP contribution in [0.3, 0.4) is 0 Å². The van der Waals surface area contributed by atoms with Gasteiger partial charge in [-0.15, -0.1) is 5.10 Å². The van der Waals surface area contributed by atoms with Crippen LogP contribution in [0.25, 0.3) is 11.0 Å². The zero-order valence-corrected chi connectivity index (χ0v) is 11.6. The van der Waals surface area contributed by atoms with Crippen molar-refractivity contribution in [3.8, 4) is 0 Å². The van der Waals surface area contributed by atoms with Gasteiger partial charge in [-0.2, -0.15) is 5.10 Å². The summed E-state index contributed by atoms with van der Waals surface area (Å²) < 4.78 is 3.46. The zero-order chi connectivity index (χ0) is 15.1. The number of pyridine rings is 2. The van der Waals surface area contributed by atoms with E-state index in [0.717, 1.165) is 16.7 Å². The highest BCUT2D eigenvalue weighted by molar-refractivity contribution is 5.63. The molecule has 0 aromatic carbocycles. The summed E-state index contributed by atoms with van der Waals surface area (Å²) in [5.41, 5.74) is 20.9. The highest BCUT2D eigenvalue weighted by Gasteiger charge is 2.03. The zero-order valence-electron chi connectivity index (χ0n) is 11.6. The van der Waals surface area contributed by atoms with Gasteiger partial charge in [0.15, 0.2) is 5.82 Å². The summed E-state index contributed by atoms with van der Waals surface area (Å²) >= 11 is 0. The molecular weight excluding hydrogens is 280 g/mol. The summed E-state index contributed by atoms with van der Waals surface area (Å²) in [5, 5.41) is 8.55. The molecule has 4 aromatic heterocycles. The third-order valence-corrected chi connectivity index (χ3v) is 3.30. The van der Waals surface area contributed by atoms with Crippen molar-refractivity contribution in [2.24, 2.45) is 0 Å². The molecule has 0 unspecified atom stereocenters. The van der Waals surface area contributed by atoms with Crippen LogP contribution in [0.5, 0.6) is 0 Å². The van der Waals surface area contributed by atoms with Crippen molar-refractivity contribution in [1.82, 2.24) is 19.2 Å². The van der Waals surface area contributed by atoms with Crippen molar-refractivity contribution < 1.29 is 0 Å². The monoisotopic (exact) mass is 294 g/mol. The van der Waals surface area contributed by atoms with Crippen LogP contribution in [-0.2, 0) is 0 Å². The van der Waals surface area contributed by atoms with Gasteiger partial charge in [0.05, 0.1) is 22.9 Å². The van der Waals surface area contributed by atoms with Crippen LogP contribution >= 0.6 is 0 Å². The second-order valence-corrected chi connectivity index (χ2v) is 4.97. The molecule has 0 spiro atoms. The number of hydrazine groups is 1. The topological polar surface area (TPSA) is 111 Å². The van der Waals surface area contributed by atoms with Crippen LogP contribution in [0.1, 0.15) is 0 Å². The number of nitrogens with zero attached hydrogens (tertiary/aromatic N) is 4. The van der Waals surface area contributed by atoms with Crippen molar-refractivity contribution in [1.29, 1.82) is 0 Å². The van der Waals surface area contributed by atoms with Crippen molar-refractivity contribution in [3.05, 3.63) is 48.8 Å². The highest BCUT2D eigenvalue weighted by atomic mass is 15.4. The molecule has 0 bridgehead atoms. The van der Waals surface area contributed by atoms with Crippen LogP contribution in [0, 0.1) is 0 Å². The number of fused-ring (bicyclic) bond motifs is 2. The molecule has 6 N–H and O–H groups in total. The van der Waals surface area contributed by atoms with Gasteiger partial charge in [0.25, 0.3) is 0 Å². The third kappa shape index (κ3) is 2.12. The largest absolute Gasteiger partial charge is 0.399 e. The molecule has 4 rings (SSSR count). The maximum atomic E-state index is 5.76. The Morgan fingerprint density at radius 3 is 2.68 bits per heavy atom. The van der Waals surface area contributed by atoms with E-state index >= 15 is 0 Å². The molecule has 0 radical (unpaired) electrons. The van der Waals surface area contributed by atoms with Crippen LogP contribution < -0.4 is 22.3 Å². The lowest BCUT2D eigenvalue weighted by Crippen LogP contribution is -2.09. The summed E-state index contributed by atoms with van der Waals surface area (Å²) in [6.45, 7) is 0. The Labute approximate surface area is 125 Å². The summed E-state index contributed by atoms with van der Waals surface area (Å²) in [5.74, 6) is 1.17. The Bertz CT molecular complexity index is 965. The van der Waals surface area contributed by atoms with Crippen molar-refractivity contribution in [2.75, 3.05) is 22.3 Å². The van der Waals surface area contributed by atoms with Gasteiger partial charge < -0.3 is 11.5 Å². The van der Waals surface area contributed by atoms with E-state index in [4.69, 9.17) is 11.5 Å². The van der Waals surface area contributed by atoms with E-state index in [1.165, 1.54) is 0 Å². The van der Waals surface area contributed by atoms with Crippen molar-refractivity contribution in [2.45, 2.75) is 0 Å². The minimum Gasteiger partial charge on any atom is -0.399 e. The van der Waals surface area contributed by atoms with Gasteiger partial charge in [0, 0.05) is 24.0 Å². The van der Waals surface area contributed by atoms with Crippen LogP contribution in [0.15, 0.2) is 48.8 Å². The van der Waals surface area contributed by atoms with Crippen molar-refractivity contribution >= 4 is 34.0 Å². The Kier molecular flexibility index (Phi) is 2.55. The molecule has 0 aliphatic heterocycles. The molecule has 110 valence electrons. The molecule has 8 nitrogen and oxygen atoms in total. The molecule has 22 heavy (non-hydrogen) atoms. The van der Waals surface area contributed by atoms with Gasteiger partial charge in [-0.25, -0.2) is 9.03 Å². The molecule has 0 aliphatic carbocycles. The first-order chi connectivity index (χ1) is 10.7. The first kappa shape index (κ1) is 12.3. The van der Waals surface area contributed by atoms with Crippen LogP contribution in [0.2, 0.25) is 0 Å². The standard InChI is InChI=1S/C14H14N8/c15-9-3-4-21-12(5-9)7-14(20-21)18-17-10-1-2-11-6-13(16)19-22(11)8-10/h1-8,17H,15H2,(H2,16,19)(H,18,20). The average molecular weight is 294 g/mol. The van der Waals surface area contributed by atoms with E-state index in [9.17, 15) is 0 Å². The lowest BCUT2D eigenvalue weighted by atomic mass is 10.3. The smallest absolute Gasteiger partial charge is 0.167 e. The van der Waals surface area contributed by atoms with Gasteiger partial charge in [-0.1, -0.05) is 0 Å². The molecular formula is C14H14N8. The number of nitrogen functional groups attached to an aromatic ring is 2. The molecule has 0 saturated heterocycles.